The van der Waals surface area contributed by atoms with Crippen LogP contribution >= 0.6 is 11.6 Å². The average Bonchev–Trinajstić information content (AvgIpc) is 3.56. The number of carbonyl (C=O) groups is 1. The second-order valence-corrected chi connectivity index (χ2v) is 10.5. The molecule has 0 aliphatic carbocycles. The highest BCUT2D eigenvalue weighted by atomic mass is 35.5. The average molecular weight is 552 g/mol. The van der Waals surface area contributed by atoms with E-state index in [-0.39, 0.29) is 12.4 Å². The van der Waals surface area contributed by atoms with Gasteiger partial charge < -0.3 is 9.15 Å². The van der Waals surface area contributed by atoms with Gasteiger partial charge in [-0.05, 0) is 75.9 Å². The Hall–Kier alpha value is -3.98. The van der Waals surface area contributed by atoms with Crippen LogP contribution in [0.4, 0.5) is 14.9 Å². The number of amides is 1. The second-order valence-electron chi connectivity index (χ2n) is 10.0. The number of hydrogen-bond donors (Lipinski definition) is 0. The summed E-state index contributed by atoms with van der Waals surface area (Å²) in [6.45, 7) is 6.42. The van der Waals surface area contributed by atoms with Gasteiger partial charge in [0, 0.05) is 35.1 Å². The number of hydrogen-bond acceptors (Lipinski definition) is 6. The quantitative estimate of drug-likeness (QED) is 0.194. The summed E-state index contributed by atoms with van der Waals surface area (Å²) in [4.78, 5) is 19.1. The molecule has 0 N–H and O–H groups in total. The molecule has 204 valence electrons. The minimum Gasteiger partial charge on any atom is -0.445 e. The zero-order valence-electron chi connectivity index (χ0n) is 22.2. The molecular weight excluding hydrogens is 521 g/mol. The van der Waals surface area contributed by atoms with Crippen molar-refractivity contribution in [3.05, 3.63) is 94.7 Å². The monoisotopic (exact) mass is 551 g/mol. The predicted molar refractivity (Wildman–Crippen MR) is 149 cm³/mol. The highest BCUT2D eigenvalue weighted by molar-refractivity contribution is 6.30. The van der Waals surface area contributed by atoms with Crippen molar-refractivity contribution in [1.82, 2.24) is 20.0 Å². The van der Waals surface area contributed by atoms with Crippen LogP contribution in [0.3, 0.4) is 0 Å². The number of rotatable bonds is 10. The first-order valence-corrected chi connectivity index (χ1v) is 13.1. The number of aryl methyl sites for hydroxylation is 2. The number of anilines is 1. The van der Waals surface area contributed by atoms with Gasteiger partial charge in [-0.2, -0.15) is 0 Å². The summed E-state index contributed by atoms with van der Waals surface area (Å²) >= 11 is 5.81. The molecule has 4 rings (SSSR count). The van der Waals surface area contributed by atoms with Gasteiger partial charge in [0.25, 0.3) is 0 Å². The molecule has 0 spiro atoms. The maximum absolute atomic E-state index is 14.1. The zero-order chi connectivity index (χ0) is 27.8. The van der Waals surface area contributed by atoms with Gasteiger partial charge in [-0.1, -0.05) is 35.0 Å². The molecule has 0 atom stereocenters. The predicted octanol–water partition coefficient (Wildman–Crippen LogP) is 7.19. The number of ether oxygens (including phenoxy) is 1. The van der Waals surface area contributed by atoms with Gasteiger partial charge in [0.1, 0.15) is 17.7 Å². The van der Waals surface area contributed by atoms with Crippen LogP contribution in [0.1, 0.15) is 56.3 Å². The summed E-state index contributed by atoms with van der Waals surface area (Å²) < 4.78 is 27.1. The van der Waals surface area contributed by atoms with Gasteiger partial charge in [-0.15, -0.1) is 5.10 Å². The molecule has 0 aliphatic heterocycles. The standard InChI is InChI=1S/C29H31ClFN5O3/c1-29(2,3)39-28(37)36(25-12-7-21(8-13-25)6-4-5-16-35-17-15-32-34-35)19-24-20-38-27(33-24)14-10-22-9-11-23(30)18-26(22)31/h7-15,17-18,20H,4-6,16,19H2,1-3H3/b14-10+. The molecule has 4 aromatic rings. The van der Waals surface area contributed by atoms with Crippen LogP contribution in [0.5, 0.6) is 0 Å². The van der Waals surface area contributed by atoms with E-state index in [0.29, 0.717) is 22.0 Å². The van der Waals surface area contributed by atoms with Crippen LogP contribution < -0.4 is 4.90 Å². The Labute approximate surface area is 232 Å². The van der Waals surface area contributed by atoms with Crippen molar-refractivity contribution in [2.75, 3.05) is 4.90 Å². The smallest absolute Gasteiger partial charge is 0.415 e. The molecule has 0 saturated heterocycles. The van der Waals surface area contributed by atoms with Gasteiger partial charge in [-0.25, -0.2) is 14.2 Å². The van der Waals surface area contributed by atoms with Crippen LogP contribution in [-0.4, -0.2) is 31.7 Å². The van der Waals surface area contributed by atoms with Crippen LogP contribution in [-0.2, 0) is 24.2 Å². The zero-order valence-corrected chi connectivity index (χ0v) is 22.9. The fraction of sp³-hybridized carbons (Fsp3) is 0.310. The van der Waals surface area contributed by atoms with Crippen LogP contribution in [0.15, 0.2) is 65.5 Å². The summed E-state index contributed by atoms with van der Waals surface area (Å²) in [7, 11) is 0. The number of carbonyl (C=O) groups excluding carboxylic acids is 1. The Morgan fingerprint density at radius 1 is 1.15 bits per heavy atom. The maximum Gasteiger partial charge on any atom is 0.415 e. The van der Waals surface area contributed by atoms with Gasteiger partial charge >= 0.3 is 6.09 Å². The lowest BCUT2D eigenvalue weighted by Gasteiger charge is -2.27. The molecule has 8 nitrogen and oxygen atoms in total. The van der Waals surface area contributed by atoms with Crippen molar-refractivity contribution >= 4 is 35.5 Å². The lowest BCUT2D eigenvalue weighted by Crippen LogP contribution is -2.36. The van der Waals surface area contributed by atoms with E-state index in [9.17, 15) is 9.18 Å². The highest BCUT2D eigenvalue weighted by Gasteiger charge is 2.24. The van der Waals surface area contributed by atoms with E-state index in [1.807, 2.05) is 55.9 Å². The molecule has 2 aromatic carbocycles. The van der Waals surface area contributed by atoms with Crippen molar-refractivity contribution in [3.63, 3.8) is 0 Å². The van der Waals surface area contributed by atoms with Gasteiger partial charge in [-0.3, -0.25) is 9.58 Å². The second kappa shape index (κ2) is 12.7. The summed E-state index contributed by atoms with van der Waals surface area (Å²) in [5.74, 6) is -0.162. The highest BCUT2D eigenvalue weighted by Crippen LogP contribution is 2.23. The van der Waals surface area contributed by atoms with E-state index >= 15 is 0 Å². The maximum atomic E-state index is 14.1. The van der Waals surface area contributed by atoms with Gasteiger partial charge in [0.2, 0.25) is 5.89 Å². The Kier molecular flexibility index (Phi) is 9.14. The topological polar surface area (TPSA) is 86.3 Å². The van der Waals surface area contributed by atoms with Crippen molar-refractivity contribution in [2.45, 2.75) is 58.7 Å². The van der Waals surface area contributed by atoms with Crippen molar-refractivity contribution in [3.8, 4) is 0 Å². The van der Waals surface area contributed by atoms with E-state index in [1.54, 1.807) is 30.5 Å². The van der Waals surface area contributed by atoms with E-state index in [1.165, 1.54) is 22.8 Å². The van der Waals surface area contributed by atoms with Crippen molar-refractivity contribution in [1.29, 1.82) is 0 Å². The molecule has 0 radical (unpaired) electrons. The minimum atomic E-state index is -0.667. The summed E-state index contributed by atoms with van der Waals surface area (Å²) in [5, 5.41) is 8.12. The van der Waals surface area contributed by atoms with E-state index in [0.717, 1.165) is 25.8 Å². The van der Waals surface area contributed by atoms with Gasteiger partial charge in [0.05, 0.1) is 18.4 Å². The number of aromatic nitrogens is 4. The molecule has 0 bridgehead atoms. The van der Waals surface area contributed by atoms with E-state index in [4.69, 9.17) is 20.8 Å². The first-order chi connectivity index (χ1) is 18.7. The molecule has 0 saturated carbocycles. The fourth-order valence-corrected chi connectivity index (χ4v) is 3.97. The fourth-order valence-electron chi connectivity index (χ4n) is 3.81. The lowest BCUT2D eigenvalue weighted by molar-refractivity contribution is 0.0577. The Morgan fingerprint density at radius 2 is 1.95 bits per heavy atom. The van der Waals surface area contributed by atoms with Crippen molar-refractivity contribution < 1.29 is 18.3 Å². The number of unbranched alkanes of at least 4 members (excludes halogenated alkanes) is 1. The summed E-state index contributed by atoms with van der Waals surface area (Å²) in [6.07, 6.45) is 10.5. The number of halogens is 2. The largest absolute Gasteiger partial charge is 0.445 e. The third kappa shape index (κ3) is 8.51. The molecule has 39 heavy (non-hydrogen) atoms. The van der Waals surface area contributed by atoms with E-state index in [2.05, 4.69) is 15.3 Å². The van der Waals surface area contributed by atoms with Gasteiger partial charge in [0.15, 0.2) is 0 Å². The number of oxazole rings is 1. The van der Waals surface area contributed by atoms with Crippen LogP contribution in [0.25, 0.3) is 12.2 Å². The Balaban J connectivity index is 1.43. The first-order valence-electron chi connectivity index (χ1n) is 12.7. The Morgan fingerprint density at radius 3 is 2.64 bits per heavy atom. The molecule has 2 heterocycles. The first kappa shape index (κ1) is 28.0. The summed E-state index contributed by atoms with van der Waals surface area (Å²) in [6, 6.07) is 12.3. The molecule has 1 amide bonds. The molecule has 0 fully saturated rings. The van der Waals surface area contributed by atoms with Crippen LogP contribution in [0, 0.1) is 5.82 Å². The third-order valence-electron chi connectivity index (χ3n) is 5.69. The SMILES string of the molecule is CC(C)(C)OC(=O)N(Cc1coc(/C=C/c2ccc(Cl)cc2F)n1)c1ccc(CCCCn2ccnn2)cc1. The molecular formula is C29H31ClFN5O3. The number of nitrogens with zero attached hydrogens (tertiary/aromatic N) is 5. The van der Waals surface area contributed by atoms with E-state index < -0.39 is 17.5 Å². The normalized spacial score (nSPS) is 11.7. The van der Waals surface area contributed by atoms with Crippen molar-refractivity contribution in [2.24, 2.45) is 0 Å². The molecule has 0 unspecified atom stereocenters. The minimum absolute atomic E-state index is 0.138. The summed E-state index contributed by atoms with van der Waals surface area (Å²) in [5.41, 5.74) is 2.06. The molecule has 0 aliphatic rings. The molecule has 10 heteroatoms. The molecule has 2 aromatic heterocycles. The lowest BCUT2D eigenvalue weighted by atomic mass is 10.1. The van der Waals surface area contributed by atoms with Crippen LogP contribution in [0.2, 0.25) is 5.02 Å². The Bertz CT molecular complexity index is 1400. The third-order valence-corrected chi connectivity index (χ3v) is 5.93. The number of benzene rings is 2.